The number of hydrogen-bond acceptors (Lipinski definition) is 4. The molecule has 0 amide bonds. The molecule has 0 saturated carbocycles. The van der Waals surface area contributed by atoms with Crippen LogP contribution in [0, 0.1) is 10.1 Å². The van der Waals surface area contributed by atoms with Gasteiger partial charge in [0.25, 0.3) is 5.69 Å². The van der Waals surface area contributed by atoms with Crippen LogP contribution in [0.1, 0.15) is 17.3 Å². The first-order valence-corrected chi connectivity index (χ1v) is 6.49. The monoisotopic (exact) mass is 335 g/mol. The van der Waals surface area contributed by atoms with Crippen LogP contribution in [0.2, 0.25) is 0 Å². The molecule has 0 aliphatic rings. The van der Waals surface area contributed by atoms with Gasteiger partial charge in [-0.1, -0.05) is 0 Å². The summed E-state index contributed by atoms with van der Waals surface area (Å²) in [5.74, 6) is 0.979. The molecule has 0 aliphatic heterocycles. The Kier molecular flexibility index (Phi) is 4.14. The predicted molar refractivity (Wildman–Crippen MR) is 77.3 cm³/mol. The maximum atomic E-state index is 11.3. The lowest BCUT2D eigenvalue weighted by Crippen LogP contribution is -1.94. The number of carbonyl (C=O) groups excluding carboxylic acids is 1. The highest BCUT2D eigenvalue weighted by atomic mass is 79.9. The van der Waals surface area contributed by atoms with Crippen molar-refractivity contribution in [3.05, 3.63) is 62.6 Å². The molecule has 0 N–H and O–H groups in total. The topological polar surface area (TPSA) is 69.4 Å². The van der Waals surface area contributed by atoms with Gasteiger partial charge < -0.3 is 4.74 Å². The van der Waals surface area contributed by atoms with E-state index < -0.39 is 4.92 Å². The van der Waals surface area contributed by atoms with Crippen molar-refractivity contribution in [3.8, 4) is 11.5 Å². The van der Waals surface area contributed by atoms with Crippen LogP contribution in [0.25, 0.3) is 0 Å². The molecule has 2 rings (SSSR count). The Labute approximate surface area is 123 Å². The molecule has 0 bridgehead atoms. The van der Waals surface area contributed by atoms with Crippen LogP contribution in [0.15, 0.2) is 46.9 Å². The number of nitro benzene ring substituents is 1. The van der Waals surface area contributed by atoms with E-state index in [1.165, 1.54) is 31.2 Å². The Morgan fingerprint density at radius 1 is 1.15 bits per heavy atom. The Hall–Kier alpha value is -2.21. The van der Waals surface area contributed by atoms with Gasteiger partial charge in [0.15, 0.2) is 5.78 Å². The number of carbonyl (C=O) groups is 1. The van der Waals surface area contributed by atoms with Crippen molar-refractivity contribution in [2.24, 2.45) is 0 Å². The maximum absolute atomic E-state index is 11.3. The van der Waals surface area contributed by atoms with Crippen LogP contribution in [-0.4, -0.2) is 10.7 Å². The number of halogens is 1. The van der Waals surface area contributed by atoms with Gasteiger partial charge in [0.05, 0.1) is 4.92 Å². The molecule has 0 fully saturated rings. The Morgan fingerprint density at radius 3 is 2.25 bits per heavy atom. The van der Waals surface area contributed by atoms with E-state index in [4.69, 9.17) is 4.74 Å². The van der Waals surface area contributed by atoms with E-state index in [-0.39, 0.29) is 11.5 Å². The van der Waals surface area contributed by atoms with Crippen molar-refractivity contribution in [2.45, 2.75) is 6.92 Å². The summed E-state index contributed by atoms with van der Waals surface area (Å²) in [4.78, 5) is 21.4. The second-order valence-electron chi connectivity index (χ2n) is 4.05. The van der Waals surface area contributed by atoms with Crippen LogP contribution < -0.4 is 4.74 Å². The zero-order valence-electron chi connectivity index (χ0n) is 10.5. The number of ketones is 1. The number of nitro groups is 1. The lowest BCUT2D eigenvalue weighted by atomic mass is 10.1. The highest BCUT2D eigenvalue weighted by molar-refractivity contribution is 9.10. The van der Waals surface area contributed by atoms with Crippen molar-refractivity contribution < 1.29 is 14.5 Å². The number of Topliss-reactive ketones (excluding diaryl/α,β-unsaturated/α-hetero) is 1. The van der Waals surface area contributed by atoms with Gasteiger partial charge in [0, 0.05) is 22.2 Å². The number of ether oxygens (including phenoxy) is 1. The van der Waals surface area contributed by atoms with Gasteiger partial charge in [-0.2, -0.15) is 0 Å². The summed E-state index contributed by atoms with van der Waals surface area (Å²) in [7, 11) is 0. The summed E-state index contributed by atoms with van der Waals surface area (Å²) in [5, 5.41) is 10.5. The van der Waals surface area contributed by atoms with Gasteiger partial charge in [0.1, 0.15) is 11.5 Å². The number of non-ortho nitro benzene ring substituents is 1. The quantitative estimate of drug-likeness (QED) is 0.473. The van der Waals surface area contributed by atoms with E-state index in [9.17, 15) is 14.9 Å². The molecular formula is C14H10BrNO4. The first-order chi connectivity index (χ1) is 9.47. The molecule has 0 heterocycles. The molecule has 2 aromatic carbocycles. The lowest BCUT2D eigenvalue weighted by Gasteiger charge is -2.07. The van der Waals surface area contributed by atoms with E-state index in [2.05, 4.69) is 15.9 Å². The molecule has 102 valence electrons. The minimum Gasteiger partial charge on any atom is -0.457 e. The molecular weight excluding hydrogens is 326 g/mol. The van der Waals surface area contributed by atoms with Crippen molar-refractivity contribution in [1.29, 1.82) is 0 Å². The van der Waals surface area contributed by atoms with Crippen molar-refractivity contribution in [1.82, 2.24) is 0 Å². The van der Waals surface area contributed by atoms with Crippen molar-refractivity contribution in [2.75, 3.05) is 0 Å². The number of rotatable bonds is 4. The first-order valence-electron chi connectivity index (χ1n) is 5.70. The number of nitrogens with zero attached hydrogens (tertiary/aromatic N) is 1. The number of benzene rings is 2. The fraction of sp³-hybridized carbons (Fsp3) is 0.0714. The molecule has 2 aromatic rings. The lowest BCUT2D eigenvalue weighted by molar-refractivity contribution is -0.384. The summed E-state index contributed by atoms with van der Waals surface area (Å²) in [6.07, 6.45) is 0. The fourth-order valence-corrected chi connectivity index (χ4v) is 2.25. The van der Waals surface area contributed by atoms with Gasteiger partial charge in [-0.05, 0) is 53.2 Å². The molecule has 0 radical (unpaired) electrons. The summed E-state index contributed by atoms with van der Waals surface area (Å²) < 4.78 is 6.21. The zero-order chi connectivity index (χ0) is 14.7. The average molecular weight is 336 g/mol. The van der Waals surface area contributed by atoms with E-state index in [0.717, 1.165) is 0 Å². The number of hydrogen-bond donors (Lipinski definition) is 0. The summed E-state index contributed by atoms with van der Waals surface area (Å²) >= 11 is 3.30. The van der Waals surface area contributed by atoms with Crippen LogP contribution >= 0.6 is 15.9 Å². The molecule has 6 heteroatoms. The van der Waals surface area contributed by atoms with Crippen LogP contribution in [-0.2, 0) is 0 Å². The molecule has 0 unspecified atom stereocenters. The van der Waals surface area contributed by atoms with Crippen LogP contribution in [0.3, 0.4) is 0 Å². The molecule has 0 aliphatic carbocycles. The van der Waals surface area contributed by atoms with Crippen LogP contribution in [0.4, 0.5) is 5.69 Å². The highest BCUT2D eigenvalue weighted by Gasteiger charge is 2.08. The Balaban J connectivity index is 2.19. The van der Waals surface area contributed by atoms with E-state index >= 15 is 0 Å². The zero-order valence-corrected chi connectivity index (χ0v) is 12.1. The van der Waals surface area contributed by atoms with Crippen LogP contribution in [0.5, 0.6) is 11.5 Å². The highest BCUT2D eigenvalue weighted by Crippen LogP contribution is 2.28. The largest absolute Gasteiger partial charge is 0.457 e. The molecule has 0 aromatic heterocycles. The Morgan fingerprint density at radius 2 is 1.75 bits per heavy atom. The van der Waals surface area contributed by atoms with Gasteiger partial charge in [-0.25, -0.2) is 0 Å². The standard InChI is InChI=1S/C14H10BrNO4/c1-9(17)13-7-6-12(8-14(13)15)20-11-4-2-10(3-5-11)16(18)19/h2-8H,1H3. The summed E-state index contributed by atoms with van der Waals surface area (Å²) in [5.41, 5.74) is 0.575. The van der Waals surface area contributed by atoms with E-state index in [1.807, 2.05) is 0 Å². The van der Waals surface area contributed by atoms with Crippen molar-refractivity contribution >= 4 is 27.4 Å². The van der Waals surface area contributed by atoms with Gasteiger partial charge in [-0.15, -0.1) is 0 Å². The second kappa shape index (κ2) is 5.83. The second-order valence-corrected chi connectivity index (χ2v) is 4.91. The fourth-order valence-electron chi connectivity index (χ4n) is 1.62. The molecule has 0 saturated heterocycles. The third kappa shape index (κ3) is 3.21. The smallest absolute Gasteiger partial charge is 0.269 e. The minimum absolute atomic E-state index is 0.00505. The molecule has 0 atom stereocenters. The summed E-state index contributed by atoms with van der Waals surface area (Å²) in [6, 6.07) is 10.8. The minimum atomic E-state index is -0.470. The average Bonchev–Trinajstić information content (AvgIpc) is 2.39. The summed E-state index contributed by atoms with van der Waals surface area (Å²) in [6.45, 7) is 1.48. The van der Waals surface area contributed by atoms with Gasteiger partial charge in [0.2, 0.25) is 0 Å². The Bertz CT molecular complexity index is 667. The molecule has 20 heavy (non-hydrogen) atoms. The third-order valence-electron chi connectivity index (χ3n) is 2.60. The third-order valence-corrected chi connectivity index (χ3v) is 3.26. The van der Waals surface area contributed by atoms with Gasteiger partial charge >= 0.3 is 0 Å². The van der Waals surface area contributed by atoms with Gasteiger partial charge in [-0.3, -0.25) is 14.9 Å². The SMILES string of the molecule is CC(=O)c1ccc(Oc2ccc([N+](=O)[O-])cc2)cc1Br. The molecule has 0 spiro atoms. The maximum Gasteiger partial charge on any atom is 0.269 e. The molecule has 5 nitrogen and oxygen atoms in total. The van der Waals surface area contributed by atoms with E-state index in [1.54, 1.807) is 18.2 Å². The normalized spacial score (nSPS) is 10.1. The first kappa shape index (κ1) is 14.2. The predicted octanol–water partition coefficient (Wildman–Crippen LogP) is 4.35. The van der Waals surface area contributed by atoms with E-state index in [0.29, 0.717) is 21.5 Å². The van der Waals surface area contributed by atoms with Crippen molar-refractivity contribution in [3.63, 3.8) is 0 Å².